The molecule has 3 aromatic carbocycles. The van der Waals surface area contributed by atoms with Gasteiger partial charge >= 0.3 is 0 Å². The van der Waals surface area contributed by atoms with Crippen LogP contribution in [0, 0.1) is 0 Å². The molecule has 0 saturated heterocycles. The summed E-state index contributed by atoms with van der Waals surface area (Å²) in [5, 5.41) is 13.7. The molecule has 2 aliphatic rings. The number of nitrogens with one attached hydrogen (secondary N) is 2. The number of halogens is 1. The summed E-state index contributed by atoms with van der Waals surface area (Å²) in [7, 11) is 0. The molecule has 0 bridgehead atoms. The van der Waals surface area contributed by atoms with Crippen molar-refractivity contribution in [1.29, 1.82) is 0 Å². The third-order valence-electron chi connectivity index (χ3n) is 5.46. The smallest absolute Gasteiger partial charge is 0.255 e. The Kier molecular flexibility index (Phi) is 5.80. The summed E-state index contributed by atoms with van der Waals surface area (Å²) in [5.41, 5.74) is 3.78. The summed E-state index contributed by atoms with van der Waals surface area (Å²) in [6.45, 7) is 0.446. The number of ether oxygens (including phenoxy) is 1. The maximum atomic E-state index is 13.1. The van der Waals surface area contributed by atoms with Gasteiger partial charge in [0.2, 0.25) is 0 Å². The number of hydrazone groups is 1. The molecule has 0 aromatic heterocycles. The molecule has 2 N–H and O–H groups in total. The van der Waals surface area contributed by atoms with Gasteiger partial charge in [-0.15, -0.1) is 5.10 Å². The SMILES string of the molecule is CSC1=NN2[C@@H](c3cc(Br)ccc3OCc3ccccc3)Nc3ccccc3[C@@H]2C(=O)N1. The van der Waals surface area contributed by atoms with E-state index in [0.717, 1.165) is 32.6 Å². The number of thioether (sulfide) groups is 1. The predicted molar refractivity (Wildman–Crippen MR) is 131 cm³/mol. The Morgan fingerprint density at radius 2 is 1.84 bits per heavy atom. The van der Waals surface area contributed by atoms with Crippen LogP contribution in [-0.4, -0.2) is 22.3 Å². The second kappa shape index (κ2) is 8.88. The first kappa shape index (κ1) is 20.9. The average Bonchev–Trinajstić information content (AvgIpc) is 2.83. The zero-order valence-corrected chi connectivity index (χ0v) is 19.7. The standard InChI is InChI=1S/C24H21BrN4O2S/c1-32-24-27-23(30)21-17-9-5-6-10-19(17)26-22(29(21)28-24)18-13-16(25)11-12-20(18)31-14-15-7-3-2-4-8-15/h2-13,21-22,26H,14H2,1H3,(H,27,28,30)/t21-,22+/m1/s1. The Balaban J connectivity index is 1.57. The second-order valence-corrected chi connectivity index (χ2v) is 9.18. The molecule has 0 fully saturated rings. The number of carbonyl (C=O) groups excluding carboxylic acids is 1. The molecule has 1 amide bonds. The number of anilines is 1. The molecule has 2 aliphatic heterocycles. The lowest BCUT2D eigenvalue weighted by atomic mass is 9.97. The van der Waals surface area contributed by atoms with Crippen LogP contribution in [0.3, 0.4) is 0 Å². The summed E-state index contributed by atoms with van der Waals surface area (Å²) >= 11 is 5.00. The summed E-state index contributed by atoms with van der Waals surface area (Å²) in [4.78, 5) is 13.1. The molecule has 0 aliphatic carbocycles. The monoisotopic (exact) mass is 508 g/mol. The van der Waals surface area contributed by atoms with E-state index in [9.17, 15) is 4.79 Å². The quantitative estimate of drug-likeness (QED) is 0.503. The molecule has 2 heterocycles. The number of fused-ring (bicyclic) bond motifs is 3. The fraction of sp³-hybridized carbons (Fsp3) is 0.167. The molecule has 162 valence electrons. The van der Waals surface area contributed by atoms with Crippen LogP contribution in [0.25, 0.3) is 0 Å². The molecule has 5 rings (SSSR count). The minimum Gasteiger partial charge on any atom is -0.488 e. The largest absolute Gasteiger partial charge is 0.488 e. The van der Waals surface area contributed by atoms with E-state index in [0.29, 0.717) is 11.8 Å². The number of nitrogens with zero attached hydrogens (tertiary/aromatic N) is 2. The van der Waals surface area contributed by atoms with E-state index >= 15 is 0 Å². The molecule has 2 atom stereocenters. The van der Waals surface area contributed by atoms with Gasteiger partial charge in [0.1, 0.15) is 18.5 Å². The Morgan fingerprint density at radius 3 is 2.66 bits per heavy atom. The maximum absolute atomic E-state index is 13.1. The van der Waals surface area contributed by atoms with Crippen molar-refractivity contribution in [3.63, 3.8) is 0 Å². The van der Waals surface area contributed by atoms with Crippen molar-refractivity contribution >= 4 is 44.5 Å². The number of benzene rings is 3. The number of carbonyl (C=O) groups is 1. The lowest BCUT2D eigenvalue weighted by Gasteiger charge is -2.44. The van der Waals surface area contributed by atoms with Crippen molar-refractivity contribution in [3.05, 3.63) is 94.0 Å². The summed E-state index contributed by atoms with van der Waals surface area (Å²) in [6, 6.07) is 23.3. The highest BCUT2D eigenvalue weighted by atomic mass is 79.9. The number of hydrogen-bond acceptors (Lipinski definition) is 6. The van der Waals surface area contributed by atoms with Crippen LogP contribution in [0.5, 0.6) is 5.75 Å². The fourth-order valence-corrected chi connectivity index (χ4v) is 4.72. The van der Waals surface area contributed by atoms with Gasteiger partial charge in [0.05, 0.1) is 0 Å². The van der Waals surface area contributed by atoms with Crippen LogP contribution in [-0.2, 0) is 11.4 Å². The van der Waals surface area contributed by atoms with Crippen molar-refractivity contribution in [3.8, 4) is 5.75 Å². The van der Waals surface area contributed by atoms with Gasteiger partial charge in [-0.25, -0.2) is 0 Å². The Bertz CT molecular complexity index is 1190. The van der Waals surface area contributed by atoms with Crippen LogP contribution in [0.15, 0.2) is 82.4 Å². The number of hydrogen-bond donors (Lipinski definition) is 2. The number of amides is 1. The minimum atomic E-state index is -0.533. The Morgan fingerprint density at radius 1 is 1.06 bits per heavy atom. The van der Waals surface area contributed by atoms with Gasteiger partial charge in [-0.05, 0) is 36.1 Å². The third kappa shape index (κ3) is 3.96. The number of para-hydroxylation sites is 1. The van der Waals surface area contributed by atoms with Crippen LogP contribution < -0.4 is 15.4 Å². The molecule has 6 nitrogen and oxygen atoms in total. The van der Waals surface area contributed by atoms with Crippen molar-refractivity contribution in [2.75, 3.05) is 11.6 Å². The first-order chi connectivity index (χ1) is 15.6. The molecule has 0 spiro atoms. The van der Waals surface area contributed by atoms with E-state index in [1.165, 1.54) is 11.8 Å². The van der Waals surface area contributed by atoms with E-state index in [1.54, 1.807) is 0 Å². The minimum absolute atomic E-state index is 0.0925. The Hall–Kier alpha value is -2.97. The highest BCUT2D eigenvalue weighted by Gasteiger charge is 2.42. The van der Waals surface area contributed by atoms with Crippen LogP contribution in [0.1, 0.15) is 28.9 Å². The van der Waals surface area contributed by atoms with Crippen molar-refractivity contribution < 1.29 is 9.53 Å². The zero-order valence-electron chi connectivity index (χ0n) is 17.3. The predicted octanol–water partition coefficient (Wildman–Crippen LogP) is 5.26. The first-order valence-electron chi connectivity index (χ1n) is 10.2. The van der Waals surface area contributed by atoms with Crippen LogP contribution in [0.2, 0.25) is 0 Å². The van der Waals surface area contributed by atoms with Gasteiger partial charge in [0.25, 0.3) is 5.91 Å². The average molecular weight is 509 g/mol. The summed E-state index contributed by atoms with van der Waals surface area (Å²) < 4.78 is 7.16. The molecule has 8 heteroatoms. The van der Waals surface area contributed by atoms with E-state index in [4.69, 9.17) is 9.84 Å². The van der Waals surface area contributed by atoms with Crippen molar-refractivity contribution in [1.82, 2.24) is 10.3 Å². The van der Waals surface area contributed by atoms with E-state index in [-0.39, 0.29) is 12.1 Å². The Labute approximate surface area is 199 Å². The van der Waals surface area contributed by atoms with Crippen molar-refractivity contribution in [2.45, 2.75) is 18.8 Å². The van der Waals surface area contributed by atoms with E-state index < -0.39 is 6.04 Å². The van der Waals surface area contributed by atoms with Gasteiger partial charge in [0, 0.05) is 21.3 Å². The van der Waals surface area contributed by atoms with E-state index in [1.807, 2.05) is 84.1 Å². The normalized spacial score (nSPS) is 19.2. The summed E-state index contributed by atoms with van der Waals surface area (Å²) in [6.07, 6.45) is 1.51. The molecule has 32 heavy (non-hydrogen) atoms. The van der Waals surface area contributed by atoms with Crippen LogP contribution in [0.4, 0.5) is 5.69 Å². The van der Waals surface area contributed by atoms with Gasteiger partial charge in [-0.2, -0.15) is 0 Å². The molecular weight excluding hydrogens is 488 g/mol. The lowest BCUT2D eigenvalue weighted by Crippen LogP contribution is -2.50. The third-order valence-corrected chi connectivity index (χ3v) is 6.52. The van der Waals surface area contributed by atoms with Gasteiger partial charge < -0.3 is 15.4 Å². The number of amidine groups is 1. The molecule has 0 radical (unpaired) electrons. The van der Waals surface area contributed by atoms with Gasteiger partial charge in [-0.3, -0.25) is 9.80 Å². The highest BCUT2D eigenvalue weighted by molar-refractivity contribution is 9.10. The van der Waals surface area contributed by atoms with Gasteiger partial charge in [-0.1, -0.05) is 76.2 Å². The first-order valence-corrected chi connectivity index (χ1v) is 12.2. The molecular formula is C24H21BrN4O2S. The maximum Gasteiger partial charge on any atom is 0.255 e. The van der Waals surface area contributed by atoms with E-state index in [2.05, 4.69) is 26.6 Å². The topological polar surface area (TPSA) is 66.0 Å². The lowest BCUT2D eigenvalue weighted by molar-refractivity contribution is -0.127. The molecule has 3 aromatic rings. The zero-order chi connectivity index (χ0) is 22.1. The molecule has 0 saturated carbocycles. The van der Waals surface area contributed by atoms with Gasteiger partial charge in [0.15, 0.2) is 11.2 Å². The second-order valence-electron chi connectivity index (χ2n) is 7.47. The fourth-order valence-electron chi connectivity index (χ4n) is 3.96. The molecule has 0 unspecified atom stereocenters. The van der Waals surface area contributed by atoms with Crippen molar-refractivity contribution in [2.24, 2.45) is 5.10 Å². The highest BCUT2D eigenvalue weighted by Crippen LogP contribution is 2.45. The number of rotatable bonds is 4. The van der Waals surface area contributed by atoms with Crippen LogP contribution >= 0.6 is 27.7 Å². The summed E-state index contributed by atoms with van der Waals surface area (Å²) in [5.74, 6) is 0.643.